The molecule has 0 spiro atoms. The van der Waals surface area contributed by atoms with Crippen LogP contribution < -0.4 is 5.32 Å². The Hall–Kier alpha value is -1.35. The lowest BCUT2D eigenvalue weighted by Crippen LogP contribution is -2.25. The molecule has 0 amide bonds. The Bertz CT molecular complexity index is 550. The van der Waals surface area contributed by atoms with E-state index < -0.39 is 0 Å². The summed E-state index contributed by atoms with van der Waals surface area (Å²) in [6, 6.07) is 7.12. The molecule has 0 radical (unpaired) electrons. The molecular formula is C15H21N3. The van der Waals surface area contributed by atoms with Crippen LogP contribution in [0.4, 0.5) is 0 Å². The standard InChI is InChI=1S/C15H21N3/c1-3-11-6-4-8-13-15(11)17-14(18(13)2)10-12-7-5-9-16-12/h4,6,8,12,16H,3,5,7,9-10H2,1-2H3. The molecule has 1 fully saturated rings. The minimum atomic E-state index is 0.616. The molecule has 96 valence electrons. The quantitative estimate of drug-likeness (QED) is 0.897. The average molecular weight is 243 g/mol. The van der Waals surface area contributed by atoms with Crippen molar-refractivity contribution in [3.8, 4) is 0 Å². The highest BCUT2D eigenvalue weighted by Gasteiger charge is 2.18. The smallest absolute Gasteiger partial charge is 0.111 e. The third-order valence-electron chi connectivity index (χ3n) is 4.06. The first-order valence-corrected chi connectivity index (χ1v) is 6.96. The summed E-state index contributed by atoms with van der Waals surface area (Å²) in [5.74, 6) is 1.21. The number of hydrogen-bond donors (Lipinski definition) is 1. The van der Waals surface area contributed by atoms with Gasteiger partial charge in [0.15, 0.2) is 0 Å². The molecule has 1 aliphatic heterocycles. The number of aryl methyl sites for hydroxylation is 2. The molecular weight excluding hydrogens is 222 g/mol. The van der Waals surface area contributed by atoms with E-state index in [0.717, 1.165) is 19.4 Å². The van der Waals surface area contributed by atoms with Gasteiger partial charge in [-0.15, -0.1) is 0 Å². The van der Waals surface area contributed by atoms with E-state index in [1.807, 2.05) is 0 Å². The van der Waals surface area contributed by atoms with Crippen molar-refractivity contribution >= 4 is 11.0 Å². The van der Waals surface area contributed by atoms with Gasteiger partial charge in [-0.1, -0.05) is 19.1 Å². The third kappa shape index (κ3) is 1.93. The first-order valence-electron chi connectivity index (χ1n) is 6.96. The fraction of sp³-hybridized carbons (Fsp3) is 0.533. The summed E-state index contributed by atoms with van der Waals surface area (Å²) >= 11 is 0. The Kier molecular flexibility index (Phi) is 3.08. The molecule has 0 bridgehead atoms. The van der Waals surface area contributed by atoms with Gasteiger partial charge in [0.2, 0.25) is 0 Å². The van der Waals surface area contributed by atoms with Gasteiger partial charge in [-0.3, -0.25) is 0 Å². The summed E-state index contributed by atoms with van der Waals surface area (Å²) in [7, 11) is 2.14. The van der Waals surface area contributed by atoms with Gasteiger partial charge in [-0.25, -0.2) is 4.98 Å². The van der Waals surface area contributed by atoms with Crippen molar-refractivity contribution in [1.29, 1.82) is 0 Å². The summed E-state index contributed by atoms with van der Waals surface area (Å²) in [4.78, 5) is 4.87. The molecule has 1 aromatic carbocycles. The lowest BCUT2D eigenvalue weighted by molar-refractivity contribution is 0.575. The van der Waals surface area contributed by atoms with E-state index in [2.05, 4.69) is 42.1 Å². The molecule has 1 saturated heterocycles. The minimum absolute atomic E-state index is 0.616. The van der Waals surface area contributed by atoms with Crippen LogP contribution in [0.2, 0.25) is 0 Å². The van der Waals surface area contributed by atoms with Gasteiger partial charge < -0.3 is 9.88 Å². The first kappa shape index (κ1) is 11.7. The van der Waals surface area contributed by atoms with Gasteiger partial charge in [0.25, 0.3) is 0 Å². The van der Waals surface area contributed by atoms with Gasteiger partial charge in [-0.05, 0) is 37.4 Å². The zero-order valence-electron chi connectivity index (χ0n) is 11.2. The minimum Gasteiger partial charge on any atom is -0.331 e. The maximum Gasteiger partial charge on any atom is 0.111 e. The average Bonchev–Trinajstić information content (AvgIpc) is 3.00. The van der Waals surface area contributed by atoms with Gasteiger partial charge in [0, 0.05) is 19.5 Å². The van der Waals surface area contributed by atoms with E-state index in [0.29, 0.717) is 6.04 Å². The van der Waals surface area contributed by atoms with E-state index >= 15 is 0 Å². The zero-order valence-corrected chi connectivity index (χ0v) is 11.2. The fourth-order valence-corrected chi connectivity index (χ4v) is 2.94. The Labute approximate surface area is 108 Å². The summed E-state index contributed by atoms with van der Waals surface area (Å²) in [5, 5.41) is 3.55. The monoisotopic (exact) mass is 243 g/mol. The van der Waals surface area contributed by atoms with Crippen LogP contribution in [0, 0.1) is 0 Å². The molecule has 1 aliphatic rings. The molecule has 2 aromatic rings. The van der Waals surface area contributed by atoms with E-state index in [1.54, 1.807) is 0 Å². The third-order valence-corrected chi connectivity index (χ3v) is 4.06. The second kappa shape index (κ2) is 4.73. The summed E-state index contributed by atoms with van der Waals surface area (Å²) < 4.78 is 2.26. The van der Waals surface area contributed by atoms with Gasteiger partial charge in [0.1, 0.15) is 5.82 Å². The number of para-hydroxylation sites is 1. The molecule has 1 aromatic heterocycles. The number of fused-ring (bicyclic) bond motifs is 1. The maximum absolute atomic E-state index is 4.87. The number of aromatic nitrogens is 2. The summed E-state index contributed by atoms with van der Waals surface area (Å²) in [6.45, 7) is 3.36. The number of imidazole rings is 1. The number of benzene rings is 1. The Balaban J connectivity index is 1.99. The van der Waals surface area contributed by atoms with Gasteiger partial charge in [0.05, 0.1) is 11.0 Å². The van der Waals surface area contributed by atoms with Crippen LogP contribution in [-0.4, -0.2) is 22.1 Å². The van der Waals surface area contributed by atoms with Crippen molar-refractivity contribution < 1.29 is 0 Å². The molecule has 3 rings (SSSR count). The second-order valence-electron chi connectivity index (χ2n) is 5.22. The van der Waals surface area contributed by atoms with Crippen LogP contribution >= 0.6 is 0 Å². The predicted octanol–water partition coefficient (Wildman–Crippen LogP) is 2.43. The van der Waals surface area contributed by atoms with Crippen LogP contribution in [0.5, 0.6) is 0 Å². The first-order chi connectivity index (χ1) is 8.79. The molecule has 1 unspecified atom stereocenters. The molecule has 3 nitrogen and oxygen atoms in total. The molecule has 2 heterocycles. The fourth-order valence-electron chi connectivity index (χ4n) is 2.94. The van der Waals surface area contributed by atoms with Crippen molar-refractivity contribution in [2.75, 3.05) is 6.54 Å². The number of nitrogens with one attached hydrogen (secondary N) is 1. The van der Waals surface area contributed by atoms with Crippen molar-refractivity contribution in [3.05, 3.63) is 29.6 Å². The lowest BCUT2D eigenvalue weighted by Gasteiger charge is -2.09. The highest BCUT2D eigenvalue weighted by atomic mass is 15.1. The topological polar surface area (TPSA) is 29.9 Å². The van der Waals surface area contributed by atoms with E-state index in [-0.39, 0.29) is 0 Å². The molecule has 1 atom stereocenters. The van der Waals surface area contributed by atoms with E-state index in [4.69, 9.17) is 4.98 Å². The second-order valence-corrected chi connectivity index (χ2v) is 5.22. The number of rotatable bonds is 3. The Morgan fingerprint density at radius 1 is 1.44 bits per heavy atom. The van der Waals surface area contributed by atoms with Crippen molar-refractivity contribution in [2.45, 2.75) is 38.6 Å². The van der Waals surface area contributed by atoms with Crippen molar-refractivity contribution in [1.82, 2.24) is 14.9 Å². The normalized spacial score (nSPS) is 19.8. The van der Waals surface area contributed by atoms with Gasteiger partial charge in [-0.2, -0.15) is 0 Å². The van der Waals surface area contributed by atoms with Crippen LogP contribution in [-0.2, 0) is 19.9 Å². The summed E-state index contributed by atoms with van der Waals surface area (Å²) in [5.41, 5.74) is 3.81. The molecule has 0 saturated carbocycles. The number of nitrogens with zero attached hydrogens (tertiary/aromatic N) is 2. The predicted molar refractivity (Wildman–Crippen MR) is 74.8 cm³/mol. The van der Waals surface area contributed by atoms with Crippen LogP contribution in [0.3, 0.4) is 0 Å². The zero-order chi connectivity index (χ0) is 12.5. The Morgan fingerprint density at radius 2 is 2.33 bits per heavy atom. The van der Waals surface area contributed by atoms with Crippen LogP contribution in [0.15, 0.2) is 18.2 Å². The highest BCUT2D eigenvalue weighted by Crippen LogP contribution is 2.21. The van der Waals surface area contributed by atoms with Crippen LogP contribution in [0.25, 0.3) is 11.0 Å². The SMILES string of the molecule is CCc1cccc2c1nc(CC1CCCN1)n2C. The summed E-state index contributed by atoms with van der Waals surface area (Å²) in [6.07, 6.45) is 4.68. The largest absolute Gasteiger partial charge is 0.331 e. The maximum atomic E-state index is 4.87. The lowest BCUT2D eigenvalue weighted by atomic mass is 10.1. The van der Waals surface area contributed by atoms with E-state index in [1.165, 1.54) is 35.3 Å². The highest BCUT2D eigenvalue weighted by molar-refractivity contribution is 5.79. The molecule has 1 N–H and O–H groups in total. The number of hydrogen-bond acceptors (Lipinski definition) is 2. The van der Waals surface area contributed by atoms with Crippen LogP contribution in [0.1, 0.15) is 31.2 Å². The van der Waals surface area contributed by atoms with Crippen molar-refractivity contribution in [3.63, 3.8) is 0 Å². The Morgan fingerprint density at radius 3 is 3.06 bits per heavy atom. The molecule has 18 heavy (non-hydrogen) atoms. The van der Waals surface area contributed by atoms with Gasteiger partial charge >= 0.3 is 0 Å². The van der Waals surface area contributed by atoms with Crippen molar-refractivity contribution in [2.24, 2.45) is 7.05 Å². The molecule has 0 aliphatic carbocycles. The van der Waals surface area contributed by atoms with E-state index in [9.17, 15) is 0 Å². The molecule has 3 heteroatoms.